The molecule has 0 radical (unpaired) electrons. The van der Waals surface area contributed by atoms with E-state index in [0.717, 1.165) is 10.6 Å². The Labute approximate surface area is 157 Å². The van der Waals surface area contributed by atoms with Crippen LogP contribution in [0.1, 0.15) is 18.2 Å². The number of H-pyrrole nitrogens is 1. The fourth-order valence-electron chi connectivity index (χ4n) is 2.52. The minimum Gasteiger partial charge on any atom is -0.493 e. The predicted molar refractivity (Wildman–Crippen MR) is 93.2 cm³/mol. The van der Waals surface area contributed by atoms with E-state index in [4.69, 9.17) is 4.74 Å². The molecule has 2 aromatic heterocycles. The highest BCUT2D eigenvalue weighted by Gasteiger charge is 2.32. The third-order valence-electron chi connectivity index (χ3n) is 3.88. The molecule has 0 amide bonds. The number of rotatable bonds is 5. The Hall–Kier alpha value is -3.43. The third-order valence-corrected chi connectivity index (χ3v) is 3.88. The lowest BCUT2D eigenvalue weighted by Gasteiger charge is -2.13. The van der Waals surface area contributed by atoms with Gasteiger partial charge < -0.3 is 19.6 Å². The van der Waals surface area contributed by atoms with Crippen molar-refractivity contribution in [3.8, 4) is 28.9 Å². The zero-order chi connectivity index (χ0) is 20.5. The number of nitrogens with one attached hydrogen (secondary N) is 1. The van der Waals surface area contributed by atoms with Gasteiger partial charge in [0.1, 0.15) is 11.5 Å². The zero-order valence-corrected chi connectivity index (χ0v) is 14.9. The van der Waals surface area contributed by atoms with Crippen molar-refractivity contribution in [3.63, 3.8) is 0 Å². The molecule has 0 atom stereocenters. The number of ether oxygens (including phenoxy) is 2. The van der Waals surface area contributed by atoms with Gasteiger partial charge in [-0.15, -0.1) is 13.2 Å². The highest BCUT2D eigenvalue weighted by molar-refractivity contribution is 5.42. The average molecular weight is 395 g/mol. The molecule has 1 aromatic carbocycles. The van der Waals surface area contributed by atoms with Crippen LogP contribution < -0.4 is 15.2 Å². The Morgan fingerprint density at radius 3 is 2.57 bits per heavy atom. The maximum atomic E-state index is 12.5. The van der Waals surface area contributed by atoms with Gasteiger partial charge in [0.2, 0.25) is 11.8 Å². The summed E-state index contributed by atoms with van der Waals surface area (Å²) in [6.45, 7) is 3.26. The molecular weight excluding hydrogens is 379 g/mol. The summed E-state index contributed by atoms with van der Waals surface area (Å²) in [4.78, 5) is 18.5. The van der Waals surface area contributed by atoms with Crippen molar-refractivity contribution >= 4 is 0 Å². The molecule has 148 valence electrons. The van der Waals surface area contributed by atoms with Crippen LogP contribution in [0, 0.1) is 6.92 Å². The molecule has 0 fully saturated rings. The fourth-order valence-corrected chi connectivity index (χ4v) is 2.52. The van der Waals surface area contributed by atoms with Gasteiger partial charge in [0.15, 0.2) is 0 Å². The molecule has 0 spiro atoms. The number of imidazole rings is 1. The topological polar surface area (TPSA) is 89.4 Å². The predicted octanol–water partition coefficient (Wildman–Crippen LogP) is 3.83. The number of pyridine rings is 1. The number of hydrogen-bond acceptors (Lipinski definition) is 5. The molecule has 0 aliphatic heterocycles. The number of aromatic hydroxyl groups is 1. The number of hydrogen-bond donors (Lipinski definition) is 2. The first kappa shape index (κ1) is 19.3. The van der Waals surface area contributed by atoms with Crippen molar-refractivity contribution in [2.75, 3.05) is 0 Å². The van der Waals surface area contributed by atoms with Crippen LogP contribution in [0.3, 0.4) is 0 Å². The van der Waals surface area contributed by atoms with Gasteiger partial charge in [-0.05, 0) is 31.0 Å². The summed E-state index contributed by atoms with van der Waals surface area (Å²) in [5.74, 6) is -0.405. The largest absolute Gasteiger partial charge is 0.573 e. The van der Waals surface area contributed by atoms with Crippen LogP contribution in [-0.4, -0.2) is 26.0 Å². The quantitative estimate of drug-likeness (QED) is 0.685. The number of aromatic nitrogens is 3. The molecule has 2 N–H and O–H groups in total. The molecule has 2 heterocycles. The Morgan fingerprint density at radius 2 is 2.00 bits per heavy atom. The summed E-state index contributed by atoms with van der Waals surface area (Å²) in [6, 6.07) is 6.91. The van der Waals surface area contributed by atoms with Crippen LogP contribution in [0.4, 0.5) is 13.2 Å². The summed E-state index contributed by atoms with van der Waals surface area (Å²) in [5.41, 5.74) is 0.470. The number of alkyl halides is 3. The lowest BCUT2D eigenvalue weighted by atomic mass is 10.2. The number of halogens is 3. The van der Waals surface area contributed by atoms with Crippen LogP contribution in [0.15, 0.2) is 41.3 Å². The van der Waals surface area contributed by atoms with Crippen LogP contribution in [-0.2, 0) is 6.42 Å². The van der Waals surface area contributed by atoms with Gasteiger partial charge in [-0.25, -0.2) is 14.3 Å². The second-order valence-corrected chi connectivity index (χ2v) is 5.85. The standard InChI is InChI=1S/C18H16F3N3O4/c1-3-13-16(25)24(17(26)23-13)11-5-7-15(22-9-11)27-12-6-4-10(2)14(8-12)28-18(19,20)21/h4-9,25H,3H2,1-2H3,(H,23,26). The van der Waals surface area contributed by atoms with Crippen LogP contribution in [0.2, 0.25) is 0 Å². The lowest BCUT2D eigenvalue weighted by Crippen LogP contribution is -2.17. The van der Waals surface area contributed by atoms with E-state index in [0.29, 0.717) is 23.4 Å². The molecular formula is C18H16F3N3O4. The van der Waals surface area contributed by atoms with Crippen LogP contribution >= 0.6 is 0 Å². The van der Waals surface area contributed by atoms with Crippen molar-refractivity contribution in [3.05, 3.63) is 58.3 Å². The van der Waals surface area contributed by atoms with E-state index in [9.17, 15) is 23.1 Å². The van der Waals surface area contributed by atoms with Crippen molar-refractivity contribution < 1.29 is 27.8 Å². The summed E-state index contributed by atoms with van der Waals surface area (Å²) < 4.78 is 47.8. The number of benzene rings is 1. The van der Waals surface area contributed by atoms with Gasteiger partial charge in [-0.1, -0.05) is 13.0 Å². The molecule has 0 bridgehead atoms. The SMILES string of the molecule is CCc1[nH]c(=O)n(-c2ccc(Oc3ccc(C)c(OC(F)(F)F)c3)nc2)c1O. The van der Waals surface area contributed by atoms with Crippen molar-refractivity contribution in [2.45, 2.75) is 26.6 Å². The molecule has 0 aliphatic rings. The Bertz CT molecular complexity index is 1040. The summed E-state index contributed by atoms with van der Waals surface area (Å²) in [6.07, 6.45) is -3.07. The first-order valence-electron chi connectivity index (χ1n) is 8.21. The van der Waals surface area contributed by atoms with Gasteiger partial charge in [0, 0.05) is 12.1 Å². The highest BCUT2D eigenvalue weighted by Crippen LogP contribution is 2.31. The highest BCUT2D eigenvalue weighted by atomic mass is 19.4. The second kappa shape index (κ2) is 7.29. The zero-order valence-electron chi connectivity index (χ0n) is 14.9. The van der Waals surface area contributed by atoms with Crippen molar-refractivity contribution in [2.24, 2.45) is 0 Å². The van der Waals surface area contributed by atoms with E-state index in [1.807, 2.05) is 0 Å². The smallest absolute Gasteiger partial charge is 0.493 e. The van der Waals surface area contributed by atoms with E-state index in [-0.39, 0.29) is 23.3 Å². The molecule has 10 heteroatoms. The molecule has 0 aliphatic carbocycles. The minimum absolute atomic E-state index is 0.0874. The van der Waals surface area contributed by atoms with E-state index in [1.54, 1.807) is 6.92 Å². The maximum Gasteiger partial charge on any atom is 0.573 e. The number of aryl methyl sites for hydroxylation is 2. The van der Waals surface area contributed by atoms with Crippen molar-refractivity contribution in [1.82, 2.24) is 14.5 Å². The second-order valence-electron chi connectivity index (χ2n) is 5.85. The minimum atomic E-state index is -4.81. The van der Waals surface area contributed by atoms with E-state index in [2.05, 4.69) is 14.7 Å². The molecule has 3 rings (SSSR count). The van der Waals surface area contributed by atoms with Gasteiger partial charge >= 0.3 is 12.1 Å². The van der Waals surface area contributed by atoms with Gasteiger partial charge in [0.05, 0.1) is 17.6 Å². The van der Waals surface area contributed by atoms with Gasteiger partial charge in [-0.3, -0.25) is 0 Å². The third kappa shape index (κ3) is 4.11. The Balaban J connectivity index is 1.83. The monoisotopic (exact) mass is 395 g/mol. The number of nitrogens with zero attached hydrogens (tertiary/aromatic N) is 2. The fraction of sp³-hybridized carbons (Fsp3) is 0.222. The Morgan fingerprint density at radius 1 is 1.25 bits per heavy atom. The van der Waals surface area contributed by atoms with Crippen molar-refractivity contribution in [1.29, 1.82) is 0 Å². The molecule has 0 unspecified atom stereocenters. The molecule has 3 aromatic rings. The first-order chi connectivity index (χ1) is 13.2. The van der Waals surface area contributed by atoms with Gasteiger partial charge in [0.25, 0.3) is 0 Å². The summed E-state index contributed by atoms with van der Waals surface area (Å²) in [7, 11) is 0. The van der Waals surface area contributed by atoms with Crippen LogP contribution in [0.5, 0.6) is 23.3 Å². The van der Waals surface area contributed by atoms with Crippen LogP contribution in [0.25, 0.3) is 5.69 Å². The molecule has 28 heavy (non-hydrogen) atoms. The number of aromatic amines is 1. The summed E-state index contributed by atoms with van der Waals surface area (Å²) >= 11 is 0. The lowest BCUT2D eigenvalue weighted by molar-refractivity contribution is -0.274. The maximum absolute atomic E-state index is 12.5. The average Bonchev–Trinajstić information content (AvgIpc) is 2.91. The molecule has 0 saturated heterocycles. The van der Waals surface area contributed by atoms with E-state index < -0.39 is 12.1 Å². The molecule has 7 nitrogen and oxygen atoms in total. The normalized spacial score (nSPS) is 11.5. The van der Waals surface area contributed by atoms with Gasteiger partial charge in [-0.2, -0.15) is 0 Å². The molecule has 0 saturated carbocycles. The van der Waals surface area contributed by atoms with E-state index in [1.165, 1.54) is 37.4 Å². The first-order valence-corrected chi connectivity index (χ1v) is 8.21. The van der Waals surface area contributed by atoms with E-state index >= 15 is 0 Å². The Kier molecular flexibility index (Phi) is 5.04. The summed E-state index contributed by atoms with van der Waals surface area (Å²) in [5, 5.41) is 10.1.